The SMILES string of the molecule is CC[NH+](CC)CC.O=C(c1ccc(N(CCO)CCO)cc1)c1ccccc1-n1cc(O[C@@H]2O[C@H](C(=O)[O-])[C@@H](O)[C@H](O)[C@H]2O)c2ccc(Cl)cc21. The second-order valence-corrected chi connectivity index (χ2v) is 12.4. The molecule has 0 radical (unpaired) electrons. The predicted molar refractivity (Wildman–Crippen MR) is 189 cm³/mol. The molecule has 51 heavy (non-hydrogen) atoms. The van der Waals surface area contributed by atoms with E-state index in [1.54, 1.807) is 81.1 Å². The topological polar surface area (TPSA) is 189 Å². The molecular weight excluding hydrogens is 682 g/mol. The molecule has 2 heterocycles. The van der Waals surface area contributed by atoms with Crippen molar-refractivity contribution in [2.24, 2.45) is 0 Å². The molecule has 1 fully saturated rings. The highest BCUT2D eigenvalue weighted by Crippen LogP contribution is 2.36. The predicted octanol–water partition coefficient (Wildman–Crippen LogP) is 0.173. The highest BCUT2D eigenvalue weighted by molar-refractivity contribution is 6.31. The number of nitrogens with one attached hydrogen (secondary N) is 1. The van der Waals surface area contributed by atoms with E-state index in [1.165, 1.54) is 25.8 Å². The summed E-state index contributed by atoms with van der Waals surface area (Å²) in [5.41, 5.74) is 2.42. The number of aliphatic carboxylic acids is 1. The Morgan fingerprint density at radius 2 is 1.53 bits per heavy atom. The van der Waals surface area contributed by atoms with Gasteiger partial charge in [-0.25, -0.2) is 0 Å². The monoisotopic (exact) mass is 727 g/mol. The molecule has 6 N–H and O–H groups in total. The first-order chi connectivity index (χ1) is 24.5. The van der Waals surface area contributed by atoms with E-state index >= 15 is 0 Å². The first-order valence-electron chi connectivity index (χ1n) is 16.9. The quantitative estimate of drug-likeness (QED) is 0.0973. The van der Waals surface area contributed by atoms with Gasteiger partial charge in [0.1, 0.15) is 30.2 Å². The lowest BCUT2D eigenvalue weighted by molar-refractivity contribution is -0.894. The Morgan fingerprint density at radius 3 is 2.10 bits per heavy atom. The number of ether oxygens (including phenoxy) is 2. The van der Waals surface area contributed by atoms with Gasteiger partial charge in [-0.3, -0.25) is 4.79 Å². The third kappa shape index (κ3) is 9.25. The largest absolute Gasteiger partial charge is 0.547 e. The number of aromatic nitrogens is 1. The van der Waals surface area contributed by atoms with Gasteiger partial charge >= 0.3 is 0 Å². The fourth-order valence-corrected chi connectivity index (χ4v) is 6.11. The van der Waals surface area contributed by atoms with Crippen molar-refractivity contribution in [3.8, 4) is 11.4 Å². The smallest absolute Gasteiger partial charge is 0.229 e. The van der Waals surface area contributed by atoms with E-state index in [9.17, 15) is 40.2 Å². The molecule has 4 aromatic rings. The van der Waals surface area contributed by atoms with Gasteiger partial charge in [-0.1, -0.05) is 23.7 Å². The number of nitrogens with zero attached hydrogens (tertiary/aromatic N) is 2. The molecule has 13 nitrogen and oxygen atoms in total. The van der Waals surface area contributed by atoms with E-state index in [1.807, 2.05) is 0 Å². The van der Waals surface area contributed by atoms with E-state index in [0.717, 1.165) is 5.69 Å². The van der Waals surface area contributed by atoms with Crippen LogP contribution in [0.2, 0.25) is 5.02 Å². The Morgan fingerprint density at radius 1 is 0.902 bits per heavy atom. The third-order valence-corrected chi connectivity index (χ3v) is 9.15. The van der Waals surface area contributed by atoms with Crippen LogP contribution >= 0.6 is 11.6 Å². The zero-order chi connectivity index (χ0) is 37.2. The number of hydrogen-bond acceptors (Lipinski definition) is 11. The summed E-state index contributed by atoms with van der Waals surface area (Å²) in [5.74, 6) is -1.98. The number of benzene rings is 3. The summed E-state index contributed by atoms with van der Waals surface area (Å²) in [7, 11) is 0. The molecule has 5 rings (SSSR count). The molecule has 0 aliphatic carbocycles. The number of fused-ring (bicyclic) bond motifs is 1. The van der Waals surface area contributed by atoms with Crippen molar-refractivity contribution in [2.45, 2.75) is 51.5 Å². The lowest BCUT2D eigenvalue weighted by Crippen LogP contribution is -3.11. The van der Waals surface area contributed by atoms with Gasteiger partial charge in [0.05, 0.1) is 56.2 Å². The van der Waals surface area contributed by atoms with Gasteiger partial charge in [-0.2, -0.15) is 0 Å². The number of halogens is 1. The van der Waals surface area contributed by atoms with Gasteiger partial charge in [-0.05, 0) is 75.4 Å². The van der Waals surface area contributed by atoms with Crippen LogP contribution in [-0.4, -0.2) is 118 Å². The maximum Gasteiger partial charge on any atom is 0.229 e. The number of quaternary nitrogens is 1. The zero-order valence-corrected chi connectivity index (χ0v) is 29.6. The third-order valence-electron chi connectivity index (χ3n) is 8.92. The Bertz CT molecular complexity index is 1730. The fraction of sp³-hybridized carbons (Fsp3) is 0.405. The van der Waals surface area contributed by atoms with Crippen LogP contribution in [0.15, 0.2) is 72.9 Å². The molecule has 1 aliphatic heterocycles. The van der Waals surface area contributed by atoms with Gasteiger partial charge in [-0.15, -0.1) is 0 Å². The van der Waals surface area contributed by atoms with E-state index in [4.69, 9.17) is 21.1 Å². The van der Waals surface area contributed by atoms with Crippen LogP contribution in [0.3, 0.4) is 0 Å². The van der Waals surface area contributed by atoms with Gasteiger partial charge in [0.25, 0.3) is 0 Å². The number of ketones is 1. The minimum absolute atomic E-state index is 0.0969. The van der Waals surface area contributed by atoms with Crippen LogP contribution in [0.1, 0.15) is 36.7 Å². The first kappa shape index (κ1) is 39.7. The highest BCUT2D eigenvalue weighted by atomic mass is 35.5. The van der Waals surface area contributed by atoms with Crippen molar-refractivity contribution >= 4 is 39.9 Å². The van der Waals surface area contributed by atoms with Crippen LogP contribution in [-0.2, 0) is 9.53 Å². The highest BCUT2D eigenvalue weighted by Gasteiger charge is 2.45. The molecule has 1 saturated heterocycles. The fourth-order valence-electron chi connectivity index (χ4n) is 5.94. The standard InChI is InChI=1S/C31H31ClN2O10.C6H15N/c32-18-7-10-20-23(15-18)34(16-24(20)43-31-28(40)26(38)27(39)29(44-31)30(41)42)22-4-2-1-3-21(22)25(37)17-5-8-19(9-6-17)33(11-13-35)12-14-36;1-4-7(5-2)6-3/h1-10,15-16,26-29,31,35-36,38-40H,11-14H2,(H,41,42);4-6H2,1-3H3/t26-,27-,28+,29-,31+;/m0./s1. The lowest BCUT2D eigenvalue weighted by atomic mass is 9.99. The lowest BCUT2D eigenvalue weighted by Gasteiger charge is -2.40. The summed E-state index contributed by atoms with van der Waals surface area (Å²) in [5, 5.41) is 61.7. The summed E-state index contributed by atoms with van der Waals surface area (Å²) in [6.07, 6.45) is -7.74. The molecule has 3 aromatic carbocycles. The number of para-hydroxylation sites is 1. The molecule has 0 unspecified atom stereocenters. The molecule has 14 heteroatoms. The maximum atomic E-state index is 13.8. The minimum Gasteiger partial charge on any atom is -0.547 e. The number of carboxylic acids is 1. The number of aliphatic hydroxyl groups excluding tert-OH is 5. The summed E-state index contributed by atoms with van der Waals surface area (Å²) in [6, 6.07) is 18.5. The number of carbonyl (C=O) groups is 2. The number of carbonyl (C=O) groups excluding carboxylic acids is 2. The van der Waals surface area contributed by atoms with Crippen molar-refractivity contribution in [1.82, 2.24) is 4.57 Å². The van der Waals surface area contributed by atoms with Crippen LogP contribution < -0.4 is 19.6 Å². The molecular formula is C37H46ClN3O10. The van der Waals surface area contributed by atoms with Crippen molar-refractivity contribution in [2.75, 3.05) is 50.8 Å². The minimum atomic E-state index is -1.95. The van der Waals surface area contributed by atoms with E-state index < -0.39 is 36.7 Å². The summed E-state index contributed by atoms with van der Waals surface area (Å²) >= 11 is 6.32. The van der Waals surface area contributed by atoms with Crippen molar-refractivity contribution in [3.05, 3.63) is 89.1 Å². The van der Waals surface area contributed by atoms with Crippen molar-refractivity contribution < 1.29 is 54.6 Å². The van der Waals surface area contributed by atoms with Gasteiger partial charge < -0.3 is 59.3 Å². The first-order valence-corrected chi connectivity index (χ1v) is 17.3. The number of anilines is 1. The molecule has 1 aromatic heterocycles. The van der Waals surface area contributed by atoms with Crippen molar-refractivity contribution in [1.29, 1.82) is 0 Å². The van der Waals surface area contributed by atoms with Crippen LogP contribution in [0.4, 0.5) is 5.69 Å². The van der Waals surface area contributed by atoms with E-state index in [0.29, 0.717) is 45.8 Å². The Balaban J connectivity index is 0.000000755. The Kier molecular flexibility index (Phi) is 14.4. The summed E-state index contributed by atoms with van der Waals surface area (Å²) < 4.78 is 12.8. The number of carboxylic acid groups (broad SMARTS) is 1. The average Bonchev–Trinajstić information content (AvgIpc) is 3.49. The van der Waals surface area contributed by atoms with E-state index in [-0.39, 0.29) is 24.7 Å². The number of aliphatic hydroxyl groups is 5. The summed E-state index contributed by atoms with van der Waals surface area (Å²) in [6.45, 7) is 10.9. The van der Waals surface area contributed by atoms with Crippen LogP contribution in [0.25, 0.3) is 16.6 Å². The zero-order valence-electron chi connectivity index (χ0n) is 28.8. The molecule has 1 aliphatic rings. The van der Waals surface area contributed by atoms with Crippen LogP contribution in [0, 0.1) is 0 Å². The van der Waals surface area contributed by atoms with Gasteiger partial charge in [0, 0.05) is 40.3 Å². The normalized spacial score (nSPS) is 20.2. The summed E-state index contributed by atoms with van der Waals surface area (Å²) in [4.78, 5) is 28.7. The second-order valence-electron chi connectivity index (χ2n) is 12.0. The van der Waals surface area contributed by atoms with E-state index in [2.05, 4.69) is 20.8 Å². The molecule has 0 saturated carbocycles. The second kappa shape index (κ2) is 18.4. The number of rotatable bonds is 14. The Hall–Kier alpha value is -4.05. The van der Waals surface area contributed by atoms with Crippen LogP contribution in [0.5, 0.6) is 5.75 Å². The maximum absolute atomic E-state index is 13.8. The Labute approximate surface area is 301 Å². The number of hydrogen-bond donors (Lipinski definition) is 6. The molecule has 0 spiro atoms. The molecule has 0 bridgehead atoms. The van der Waals surface area contributed by atoms with Gasteiger partial charge in [0.15, 0.2) is 5.78 Å². The molecule has 276 valence electrons. The average molecular weight is 728 g/mol. The van der Waals surface area contributed by atoms with Crippen molar-refractivity contribution in [3.63, 3.8) is 0 Å². The van der Waals surface area contributed by atoms with Gasteiger partial charge in [0.2, 0.25) is 6.29 Å². The molecule has 5 atom stereocenters. The molecule has 0 amide bonds.